The first-order valence-electron chi connectivity index (χ1n) is 11.2. The van der Waals surface area contributed by atoms with Crippen molar-refractivity contribution in [1.29, 1.82) is 0 Å². The van der Waals surface area contributed by atoms with Gasteiger partial charge in [0.2, 0.25) is 5.91 Å². The third kappa shape index (κ3) is 5.98. The van der Waals surface area contributed by atoms with E-state index in [2.05, 4.69) is 53.1 Å². The number of carbonyl (C=O) groups is 1. The van der Waals surface area contributed by atoms with Crippen LogP contribution >= 0.6 is 23.1 Å². The van der Waals surface area contributed by atoms with Gasteiger partial charge in [0.05, 0.1) is 18.1 Å². The summed E-state index contributed by atoms with van der Waals surface area (Å²) in [7, 11) is 0. The minimum absolute atomic E-state index is 0.147. The van der Waals surface area contributed by atoms with Gasteiger partial charge in [0.15, 0.2) is 16.1 Å². The molecular formula is C26H27N5O2S2. The van der Waals surface area contributed by atoms with Crippen LogP contribution in [0.1, 0.15) is 18.1 Å². The highest BCUT2D eigenvalue weighted by molar-refractivity contribution is 7.99. The lowest BCUT2D eigenvalue weighted by Crippen LogP contribution is -2.14. The number of anilines is 1. The minimum Gasteiger partial charge on any atom is -0.494 e. The molecule has 0 saturated heterocycles. The van der Waals surface area contributed by atoms with Crippen molar-refractivity contribution in [2.24, 2.45) is 0 Å². The Labute approximate surface area is 213 Å². The number of allylic oxidation sites excluding steroid dienone is 1. The van der Waals surface area contributed by atoms with Crippen molar-refractivity contribution >= 4 is 34.1 Å². The molecule has 180 valence electrons. The number of thioether (sulfide) groups is 1. The summed E-state index contributed by atoms with van der Waals surface area (Å²) in [6.45, 7) is 11.1. The summed E-state index contributed by atoms with van der Waals surface area (Å²) in [5, 5.41) is 14.7. The van der Waals surface area contributed by atoms with E-state index >= 15 is 0 Å². The van der Waals surface area contributed by atoms with Crippen LogP contribution in [-0.2, 0) is 11.3 Å². The van der Waals surface area contributed by atoms with Crippen molar-refractivity contribution in [3.63, 3.8) is 0 Å². The van der Waals surface area contributed by atoms with Crippen LogP contribution in [0.3, 0.4) is 0 Å². The second kappa shape index (κ2) is 11.3. The van der Waals surface area contributed by atoms with Gasteiger partial charge in [-0.25, -0.2) is 4.98 Å². The summed E-state index contributed by atoms with van der Waals surface area (Å²) in [6, 6.07) is 14.0. The third-order valence-electron chi connectivity index (χ3n) is 5.34. The number of hydrogen-bond acceptors (Lipinski definition) is 7. The molecule has 1 amide bonds. The first-order chi connectivity index (χ1) is 17.0. The van der Waals surface area contributed by atoms with Gasteiger partial charge in [-0.05, 0) is 62.2 Å². The van der Waals surface area contributed by atoms with Crippen LogP contribution in [0.5, 0.6) is 5.75 Å². The first-order valence-corrected chi connectivity index (χ1v) is 13.1. The highest BCUT2D eigenvalue weighted by Gasteiger charge is 2.16. The average Bonchev–Trinajstić information content (AvgIpc) is 3.48. The SMILES string of the molecule is C=CCn1c(SCC(=O)Nc2nc(-c3ccc(C)c(C)c3)cs2)nnc1-c1ccc(OCC)cc1. The van der Waals surface area contributed by atoms with E-state index in [-0.39, 0.29) is 11.7 Å². The summed E-state index contributed by atoms with van der Waals surface area (Å²) in [4.78, 5) is 17.2. The van der Waals surface area contributed by atoms with Gasteiger partial charge < -0.3 is 10.1 Å². The molecule has 0 unspecified atom stereocenters. The highest BCUT2D eigenvalue weighted by atomic mass is 32.2. The van der Waals surface area contributed by atoms with Crippen molar-refractivity contribution in [3.05, 3.63) is 71.6 Å². The van der Waals surface area contributed by atoms with Crippen LogP contribution in [0, 0.1) is 13.8 Å². The van der Waals surface area contributed by atoms with E-state index in [1.54, 1.807) is 6.08 Å². The molecule has 0 radical (unpaired) electrons. The number of aromatic nitrogens is 4. The molecule has 0 aliphatic carbocycles. The Morgan fingerprint density at radius 2 is 1.91 bits per heavy atom. The Kier molecular flexibility index (Phi) is 7.99. The molecule has 1 N–H and O–H groups in total. The maximum Gasteiger partial charge on any atom is 0.236 e. The smallest absolute Gasteiger partial charge is 0.236 e. The van der Waals surface area contributed by atoms with Crippen molar-refractivity contribution < 1.29 is 9.53 Å². The second-order valence-corrected chi connectivity index (χ2v) is 9.64. The van der Waals surface area contributed by atoms with Gasteiger partial charge in [-0.2, -0.15) is 0 Å². The van der Waals surface area contributed by atoms with Crippen LogP contribution in [0.15, 0.2) is 65.7 Å². The molecule has 0 bridgehead atoms. The quantitative estimate of drug-likeness (QED) is 0.210. The standard InChI is InChI=1S/C26H27N5O2S2/c1-5-13-31-24(19-9-11-21(12-10-19)33-6-2)29-30-26(31)35-16-23(32)28-25-27-22(15-34-25)20-8-7-17(3)18(4)14-20/h5,7-12,14-15H,1,6,13,16H2,2-4H3,(H,27,28,32). The summed E-state index contributed by atoms with van der Waals surface area (Å²) in [6.07, 6.45) is 1.79. The molecule has 9 heteroatoms. The number of thiazole rings is 1. The van der Waals surface area contributed by atoms with Crippen molar-refractivity contribution in [2.45, 2.75) is 32.5 Å². The number of nitrogens with zero attached hydrogens (tertiary/aromatic N) is 4. The largest absolute Gasteiger partial charge is 0.494 e. The van der Waals surface area contributed by atoms with E-state index in [1.807, 2.05) is 47.2 Å². The minimum atomic E-state index is -0.147. The van der Waals surface area contributed by atoms with Crippen LogP contribution < -0.4 is 10.1 Å². The Morgan fingerprint density at radius 3 is 2.63 bits per heavy atom. The fraction of sp³-hybridized carbons (Fsp3) is 0.231. The number of ether oxygens (including phenoxy) is 1. The van der Waals surface area contributed by atoms with E-state index in [4.69, 9.17) is 4.74 Å². The fourth-order valence-corrected chi connectivity index (χ4v) is 4.90. The zero-order chi connectivity index (χ0) is 24.8. The van der Waals surface area contributed by atoms with Gasteiger partial charge in [-0.3, -0.25) is 9.36 Å². The second-order valence-electron chi connectivity index (χ2n) is 7.84. The Balaban J connectivity index is 1.41. The molecule has 7 nitrogen and oxygen atoms in total. The lowest BCUT2D eigenvalue weighted by molar-refractivity contribution is -0.113. The van der Waals surface area contributed by atoms with Crippen molar-refractivity contribution in [3.8, 4) is 28.4 Å². The maximum absolute atomic E-state index is 12.6. The van der Waals surface area contributed by atoms with Gasteiger partial charge in [-0.15, -0.1) is 28.1 Å². The number of hydrogen-bond donors (Lipinski definition) is 1. The van der Waals surface area contributed by atoms with Crippen LogP contribution in [-0.4, -0.2) is 38.0 Å². The molecule has 0 aliphatic rings. The monoisotopic (exact) mass is 505 g/mol. The average molecular weight is 506 g/mol. The summed E-state index contributed by atoms with van der Waals surface area (Å²) in [5.41, 5.74) is 5.27. The molecule has 0 atom stereocenters. The Bertz CT molecular complexity index is 1330. The lowest BCUT2D eigenvalue weighted by atomic mass is 10.1. The number of carbonyl (C=O) groups excluding carboxylic acids is 1. The lowest BCUT2D eigenvalue weighted by Gasteiger charge is -2.08. The maximum atomic E-state index is 12.6. The predicted molar refractivity (Wildman–Crippen MR) is 143 cm³/mol. The van der Waals surface area contributed by atoms with E-state index < -0.39 is 0 Å². The zero-order valence-electron chi connectivity index (χ0n) is 19.9. The topological polar surface area (TPSA) is 81.9 Å². The molecule has 4 aromatic rings. The fourth-order valence-electron chi connectivity index (χ4n) is 3.42. The third-order valence-corrected chi connectivity index (χ3v) is 7.06. The van der Waals surface area contributed by atoms with Gasteiger partial charge in [-0.1, -0.05) is 30.0 Å². The molecule has 35 heavy (non-hydrogen) atoms. The van der Waals surface area contributed by atoms with Crippen LogP contribution in [0.2, 0.25) is 0 Å². The number of amides is 1. The summed E-state index contributed by atoms with van der Waals surface area (Å²) < 4.78 is 7.46. The van der Waals surface area contributed by atoms with E-state index in [0.29, 0.717) is 29.3 Å². The van der Waals surface area contributed by atoms with Crippen molar-refractivity contribution in [1.82, 2.24) is 19.7 Å². The first kappa shape index (κ1) is 24.7. The van der Waals surface area contributed by atoms with Gasteiger partial charge in [0.25, 0.3) is 0 Å². The number of benzene rings is 2. The highest BCUT2D eigenvalue weighted by Crippen LogP contribution is 2.28. The summed E-state index contributed by atoms with van der Waals surface area (Å²) in [5.74, 6) is 1.57. The van der Waals surface area contributed by atoms with Gasteiger partial charge in [0.1, 0.15) is 5.75 Å². The summed E-state index contributed by atoms with van der Waals surface area (Å²) >= 11 is 2.74. The van der Waals surface area contributed by atoms with Gasteiger partial charge in [0, 0.05) is 23.1 Å². The predicted octanol–water partition coefficient (Wildman–Crippen LogP) is 6.00. The zero-order valence-corrected chi connectivity index (χ0v) is 21.6. The molecule has 0 saturated carbocycles. The van der Waals surface area contributed by atoms with Gasteiger partial charge >= 0.3 is 0 Å². The molecule has 4 rings (SSSR count). The van der Waals surface area contributed by atoms with E-state index in [9.17, 15) is 4.79 Å². The molecule has 0 fully saturated rings. The molecular weight excluding hydrogens is 478 g/mol. The number of aryl methyl sites for hydroxylation is 2. The van der Waals surface area contributed by atoms with Crippen molar-refractivity contribution in [2.75, 3.05) is 17.7 Å². The molecule has 2 aromatic carbocycles. The number of rotatable bonds is 10. The van der Waals surface area contributed by atoms with Crippen LogP contribution in [0.4, 0.5) is 5.13 Å². The van der Waals surface area contributed by atoms with E-state index in [1.165, 1.54) is 34.2 Å². The van der Waals surface area contributed by atoms with E-state index in [0.717, 1.165) is 22.6 Å². The molecule has 0 aliphatic heterocycles. The Hall–Kier alpha value is -3.43. The Morgan fingerprint density at radius 1 is 1.14 bits per heavy atom. The normalized spacial score (nSPS) is 10.8. The molecule has 2 heterocycles. The van der Waals surface area contributed by atoms with Crippen LogP contribution in [0.25, 0.3) is 22.6 Å². The molecule has 0 spiro atoms. The number of nitrogens with one attached hydrogen (secondary N) is 1. The molecule has 2 aromatic heterocycles.